The van der Waals surface area contributed by atoms with E-state index in [9.17, 15) is 9.59 Å². The molecule has 1 aliphatic carbocycles. The Kier molecular flexibility index (Phi) is 3.89. The van der Waals surface area contributed by atoms with Gasteiger partial charge in [0.1, 0.15) is 12.2 Å². The Hall–Kier alpha value is -1.52. The smallest absolute Gasteiger partial charge is 0.409 e. The molecule has 0 aromatic carbocycles. The second-order valence-corrected chi connectivity index (χ2v) is 5.05. The molecule has 1 aliphatic heterocycles. The molecular formula is C13H19NO4. The second-order valence-electron chi connectivity index (χ2n) is 5.05. The van der Waals surface area contributed by atoms with E-state index in [0.29, 0.717) is 12.8 Å². The molecule has 1 heterocycles. The molecule has 0 aromatic rings. The Balaban J connectivity index is 1.93. The minimum atomic E-state index is -0.333. The first kappa shape index (κ1) is 12.9. The molecule has 0 N–H and O–H groups in total. The van der Waals surface area contributed by atoms with Gasteiger partial charge in [-0.25, -0.2) is 4.79 Å². The lowest BCUT2D eigenvalue weighted by Gasteiger charge is -2.23. The van der Waals surface area contributed by atoms with Gasteiger partial charge in [0.2, 0.25) is 0 Å². The summed E-state index contributed by atoms with van der Waals surface area (Å²) in [6, 6.07) is 0. The minimum absolute atomic E-state index is 0.0132. The molecule has 0 radical (unpaired) electrons. The van der Waals surface area contributed by atoms with Gasteiger partial charge < -0.3 is 14.4 Å². The summed E-state index contributed by atoms with van der Waals surface area (Å²) >= 11 is 0. The Morgan fingerprint density at radius 2 is 2.22 bits per heavy atom. The first-order valence-electron chi connectivity index (χ1n) is 6.30. The monoisotopic (exact) mass is 253 g/mol. The third kappa shape index (κ3) is 3.03. The number of rotatable bonds is 1. The molecule has 0 saturated carbocycles. The summed E-state index contributed by atoms with van der Waals surface area (Å²) in [5, 5.41) is 0. The number of carbonyl (C=O) groups excluding carboxylic acids is 2. The largest absolute Gasteiger partial charge is 0.462 e. The van der Waals surface area contributed by atoms with Crippen LogP contribution >= 0.6 is 0 Å². The van der Waals surface area contributed by atoms with Crippen LogP contribution in [0.1, 0.15) is 25.7 Å². The number of esters is 1. The average Bonchev–Trinajstić information content (AvgIpc) is 2.62. The Bertz CT molecular complexity index is 364. The van der Waals surface area contributed by atoms with Crippen molar-refractivity contribution >= 4 is 12.1 Å². The SMILES string of the molecule is CN(C)C(=O)OC1/C=C\CC2OC(=O)CC2CC1. The fraction of sp³-hybridized carbons (Fsp3) is 0.692. The van der Waals surface area contributed by atoms with Crippen LogP contribution in [-0.4, -0.2) is 43.3 Å². The van der Waals surface area contributed by atoms with E-state index in [4.69, 9.17) is 9.47 Å². The van der Waals surface area contributed by atoms with E-state index < -0.39 is 0 Å². The number of amides is 1. The summed E-state index contributed by atoms with van der Waals surface area (Å²) in [5.74, 6) is 0.158. The van der Waals surface area contributed by atoms with Gasteiger partial charge in [-0.05, 0) is 18.9 Å². The van der Waals surface area contributed by atoms with Gasteiger partial charge in [0, 0.05) is 26.4 Å². The van der Waals surface area contributed by atoms with E-state index in [1.807, 2.05) is 12.2 Å². The lowest BCUT2D eigenvalue weighted by atomic mass is 9.90. The Morgan fingerprint density at radius 3 is 2.94 bits per heavy atom. The maximum atomic E-state index is 11.5. The van der Waals surface area contributed by atoms with Gasteiger partial charge in [0.05, 0.1) is 6.42 Å². The third-order valence-corrected chi connectivity index (χ3v) is 3.40. The van der Waals surface area contributed by atoms with Crippen molar-refractivity contribution in [3.8, 4) is 0 Å². The molecule has 18 heavy (non-hydrogen) atoms. The zero-order valence-electron chi connectivity index (χ0n) is 10.8. The summed E-state index contributed by atoms with van der Waals surface area (Å²) in [6.45, 7) is 0. The average molecular weight is 253 g/mol. The van der Waals surface area contributed by atoms with Crippen LogP contribution in [0.3, 0.4) is 0 Å². The molecule has 1 amide bonds. The topological polar surface area (TPSA) is 55.8 Å². The van der Waals surface area contributed by atoms with Crippen LogP contribution in [0.2, 0.25) is 0 Å². The first-order chi connectivity index (χ1) is 8.56. The summed E-state index contributed by atoms with van der Waals surface area (Å²) < 4.78 is 10.6. The molecule has 1 fully saturated rings. The maximum absolute atomic E-state index is 11.5. The number of carbonyl (C=O) groups is 2. The number of fused-ring (bicyclic) bond motifs is 1. The quantitative estimate of drug-likeness (QED) is 0.527. The lowest BCUT2D eigenvalue weighted by Crippen LogP contribution is -2.28. The van der Waals surface area contributed by atoms with Crippen LogP contribution in [-0.2, 0) is 14.3 Å². The third-order valence-electron chi connectivity index (χ3n) is 3.40. The molecule has 3 atom stereocenters. The van der Waals surface area contributed by atoms with Crippen LogP contribution in [0.25, 0.3) is 0 Å². The van der Waals surface area contributed by atoms with Crippen LogP contribution in [0.15, 0.2) is 12.2 Å². The summed E-state index contributed by atoms with van der Waals surface area (Å²) in [5.41, 5.74) is 0. The molecule has 100 valence electrons. The molecule has 2 aliphatic rings. The van der Waals surface area contributed by atoms with Crippen LogP contribution in [0.4, 0.5) is 4.79 Å². The summed E-state index contributed by atoms with van der Waals surface area (Å²) in [4.78, 5) is 24.1. The maximum Gasteiger partial charge on any atom is 0.409 e. The van der Waals surface area contributed by atoms with Crippen molar-refractivity contribution in [2.45, 2.75) is 37.9 Å². The van der Waals surface area contributed by atoms with Gasteiger partial charge >= 0.3 is 12.1 Å². The van der Waals surface area contributed by atoms with Gasteiger partial charge in [-0.15, -0.1) is 0 Å². The number of hydrogen-bond acceptors (Lipinski definition) is 4. The molecule has 0 aromatic heterocycles. The van der Waals surface area contributed by atoms with Crippen LogP contribution < -0.4 is 0 Å². The molecule has 0 bridgehead atoms. The Labute approximate surface area is 107 Å². The van der Waals surface area contributed by atoms with E-state index >= 15 is 0 Å². The van der Waals surface area contributed by atoms with Crippen molar-refractivity contribution in [1.29, 1.82) is 0 Å². The molecule has 5 heteroatoms. The predicted octanol–water partition coefficient (Wildman–Crippen LogP) is 1.72. The highest BCUT2D eigenvalue weighted by atomic mass is 16.6. The van der Waals surface area contributed by atoms with E-state index in [-0.39, 0.29) is 30.2 Å². The highest BCUT2D eigenvalue weighted by Gasteiger charge is 2.35. The van der Waals surface area contributed by atoms with Crippen molar-refractivity contribution in [3.63, 3.8) is 0 Å². The zero-order chi connectivity index (χ0) is 13.1. The Morgan fingerprint density at radius 1 is 1.44 bits per heavy atom. The van der Waals surface area contributed by atoms with Crippen LogP contribution in [0.5, 0.6) is 0 Å². The van der Waals surface area contributed by atoms with Crippen molar-refractivity contribution in [3.05, 3.63) is 12.2 Å². The zero-order valence-corrected chi connectivity index (χ0v) is 10.8. The molecule has 1 saturated heterocycles. The van der Waals surface area contributed by atoms with E-state index in [1.54, 1.807) is 14.1 Å². The first-order valence-corrected chi connectivity index (χ1v) is 6.30. The number of hydrogen-bond donors (Lipinski definition) is 0. The van der Waals surface area contributed by atoms with Gasteiger partial charge in [-0.2, -0.15) is 0 Å². The van der Waals surface area contributed by atoms with Crippen LogP contribution in [0, 0.1) is 5.92 Å². The second kappa shape index (κ2) is 5.42. The van der Waals surface area contributed by atoms with Crippen molar-refractivity contribution < 1.29 is 19.1 Å². The summed E-state index contributed by atoms with van der Waals surface area (Å²) in [6.07, 6.45) is 6.13. The van der Waals surface area contributed by atoms with Crippen molar-refractivity contribution in [2.24, 2.45) is 5.92 Å². The molecular weight excluding hydrogens is 234 g/mol. The minimum Gasteiger partial charge on any atom is -0.462 e. The standard InChI is InChI=1S/C13H19NO4/c1-14(2)13(16)17-10-4-3-5-11-9(6-7-10)8-12(15)18-11/h3-4,9-11H,5-8H2,1-2H3/b4-3-. The van der Waals surface area contributed by atoms with E-state index in [1.165, 1.54) is 4.90 Å². The molecule has 3 unspecified atom stereocenters. The fourth-order valence-electron chi connectivity index (χ4n) is 2.36. The van der Waals surface area contributed by atoms with E-state index in [2.05, 4.69) is 0 Å². The van der Waals surface area contributed by atoms with Gasteiger partial charge in [-0.3, -0.25) is 4.79 Å². The van der Waals surface area contributed by atoms with Gasteiger partial charge in [0.25, 0.3) is 0 Å². The highest BCUT2D eigenvalue weighted by molar-refractivity contribution is 5.72. The molecule has 0 spiro atoms. The number of nitrogens with zero attached hydrogens (tertiary/aromatic N) is 1. The van der Waals surface area contributed by atoms with Crippen molar-refractivity contribution in [1.82, 2.24) is 4.90 Å². The summed E-state index contributed by atoms with van der Waals surface area (Å²) in [7, 11) is 3.32. The molecule has 2 rings (SSSR count). The lowest BCUT2D eigenvalue weighted by molar-refractivity contribution is -0.141. The van der Waals surface area contributed by atoms with Crippen molar-refractivity contribution in [2.75, 3.05) is 14.1 Å². The van der Waals surface area contributed by atoms with Gasteiger partial charge in [-0.1, -0.05) is 6.08 Å². The normalized spacial score (nSPS) is 32.8. The van der Waals surface area contributed by atoms with Gasteiger partial charge in [0.15, 0.2) is 0 Å². The van der Waals surface area contributed by atoms with E-state index in [0.717, 1.165) is 12.8 Å². The molecule has 5 nitrogen and oxygen atoms in total. The predicted molar refractivity (Wildman–Crippen MR) is 64.9 cm³/mol. The fourth-order valence-corrected chi connectivity index (χ4v) is 2.36. The highest BCUT2D eigenvalue weighted by Crippen LogP contribution is 2.31. The number of ether oxygens (including phenoxy) is 2.